The number of anilines is 2. The average Bonchev–Trinajstić information content (AvgIpc) is 3.19. The van der Waals surface area contributed by atoms with E-state index in [1.807, 2.05) is 18.2 Å². The Morgan fingerprint density at radius 2 is 1.42 bits per heavy atom. The van der Waals surface area contributed by atoms with Crippen LogP contribution in [-0.4, -0.2) is 27.2 Å². The van der Waals surface area contributed by atoms with Crippen LogP contribution in [0.5, 0.6) is 0 Å². The average molecular weight is 460 g/mol. The van der Waals surface area contributed by atoms with Crippen molar-refractivity contribution >= 4 is 37.4 Å². The minimum atomic E-state index is -4.50. The van der Waals surface area contributed by atoms with Gasteiger partial charge in [0.15, 0.2) is 5.84 Å². The molecule has 12 heteroatoms. The fourth-order valence-corrected chi connectivity index (χ4v) is 4.20. The maximum atomic E-state index is 11.8. The van der Waals surface area contributed by atoms with Gasteiger partial charge in [0.25, 0.3) is 10.1 Å². The molecule has 0 saturated heterocycles. The summed E-state index contributed by atoms with van der Waals surface area (Å²) in [7, 11) is -8.36. The molecule has 0 bridgehead atoms. The first-order valence-electron chi connectivity index (χ1n) is 8.85. The summed E-state index contributed by atoms with van der Waals surface area (Å²) in [5, 5.41) is 12.6. The van der Waals surface area contributed by atoms with Gasteiger partial charge < -0.3 is 0 Å². The van der Waals surface area contributed by atoms with Gasteiger partial charge in [-0.2, -0.15) is 18.7 Å². The zero-order valence-electron chi connectivity index (χ0n) is 15.8. The van der Waals surface area contributed by atoms with Gasteiger partial charge in [-0.3, -0.25) is 9.98 Å². The summed E-state index contributed by atoms with van der Waals surface area (Å²) in [5.41, 5.74) is 4.32. The summed E-state index contributed by atoms with van der Waals surface area (Å²) >= 11 is 0. The van der Waals surface area contributed by atoms with Crippen molar-refractivity contribution in [2.45, 2.75) is 9.79 Å². The molecular weight excluding hydrogens is 442 g/mol. The fraction of sp³-hybridized carbons (Fsp3) is 0. The number of hydrogen-bond donors (Lipinski definition) is 3. The SMILES string of the molecule is NS(=O)(=O)c1ccc(N2N=C(c3ccccc3S(=O)(=O)O)NN2c2ccccc2)cc1. The molecular formula is C19H17N5O5S2. The third-order valence-electron chi connectivity index (χ3n) is 4.41. The van der Waals surface area contributed by atoms with Gasteiger partial charge in [-0.15, -0.1) is 5.10 Å². The third kappa shape index (κ3) is 4.22. The van der Waals surface area contributed by atoms with Crippen LogP contribution in [0.25, 0.3) is 0 Å². The van der Waals surface area contributed by atoms with Crippen molar-refractivity contribution in [3.63, 3.8) is 0 Å². The van der Waals surface area contributed by atoms with E-state index in [0.717, 1.165) is 0 Å². The number of rotatable bonds is 5. The molecule has 4 N–H and O–H groups in total. The van der Waals surface area contributed by atoms with Crippen molar-refractivity contribution in [1.29, 1.82) is 0 Å². The summed E-state index contributed by atoms with van der Waals surface area (Å²) < 4.78 is 56.3. The van der Waals surface area contributed by atoms with E-state index >= 15 is 0 Å². The predicted octanol–water partition coefficient (Wildman–Crippen LogP) is 1.69. The van der Waals surface area contributed by atoms with Crippen LogP contribution in [0.4, 0.5) is 11.4 Å². The van der Waals surface area contributed by atoms with E-state index in [2.05, 4.69) is 10.5 Å². The number of hydrogen-bond acceptors (Lipinski definition) is 8. The van der Waals surface area contributed by atoms with Gasteiger partial charge in [-0.05, 0) is 48.5 Å². The van der Waals surface area contributed by atoms with Crippen molar-refractivity contribution in [2.75, 3.05) is 10.2 Å². The van der Waals surface area contributed by atoms with E-state index in [1.54, 1.807) is 23.3 Å². The van der Waals surface area contributed by atoms with Crippen LogP contribution < -0.4 is 20.8 Å². The molecule has 0 amide bonds. The van der Waals surface area contributed by atoms with Crippen molar-refractivity contribution in [2.24, 2.45) is 10.2 Å². The zero-order chi connectivity index (χ0) is 22.2. The van der Waals surface area contributed by atoms with E-state index in [9.17, 15) is 21.4 Å². The minimum Gasteiger partial charge on any atom is -0.282 e. The van der Waals surface area contributed by atoms with E-state index in [-0.39, 0.29) is 21.2 Å². The third-order valence-corrected chi connectivity index (χ3v) is 6.25. The highest BCUT2D eigenvalue weighted by Gasteiger charge is 2.29. The molecule has 0 spiro atoms. The monoisotopic (exact) mass is 459 g/mol. The molecule has 0 aliphatic carbocycles. The second-order valence-electron chi connectivity index (χ2n) is 6.51. The fourth-order valence-electron chi connectivity index (χ4n) is 3.00. The Bertz CT molecular complexity index is 1360. The maximum absolute atomic E-state index is 11.8. The summed E-state index contributed by atoms with van der Waals surface area (Å²) in [6, 6.07) is 20.6. The van der Waals surface area contributed by atoms with Crippen LogP contribution in [0.15, 0.2) is 93.8 Å². The lowest BCUT2D eigenvalue weighted by Gasteiger charge is -2.28. The highest BCUT2D eigenvalue weighted by molar-refractivity contribution is 7.89. The molecule has 1 aliphatic rings. The normalized spacial score (nSPS) is 14.3. The number of primary sulfonamides is 1. The molecule has 0 unspecified atom stereocenters. The molecule has 31 heavy (non-hydrogen) atoms. The van der Waals surface area contributed by atoms with Gasteiger partial charge in [0.05, 0.1) is 16.3 Å². The lowest BCUT2D eigenvalue weighted by molar-refractivity contribution is 0.483. The lowest BCUT2D eigenvalue weighted by Crippen LogP contribution is -2.44. The largest absolute Gasteiger partial charge is 0.295 e. The molecule has 3 aromatic carbocycles. The quantitative estimate of drug-likeness (QED) is 0.489. The van der Waals surface area contributed by atoms with E-state index < -0.39 is 20.1 Å². The summed E-state index contributed by atoms with van der Waals surface area (Å²) in [6.45, 7) is 0. The Kier molecular flexibility index (Phi) is 5.15. The molecule has 3 aromatic rings. The van der Waals surface area contributed by atoms with E-state index in [4.69, 9.17) is 5.14 Å². The molecule has 1 heterocycles. The Hall–Kier alpha value is -3.45. The number of hydrazone groups is 1. The highest BCUT2D eigenvalue weighted by atomic mass is 32.2. The number of hydrazine groups is 2. The maximum Gasteiger partial charge on any atom is 0.295 e. The van der Waals surface area contributed by atoms with Crippen molar-refractivity contribution in [3.05, 3.63) is 84.4 Å². The molecule has 10 nitrogen and oxygen atoms in total. The Labute approximate surface area is 179 Å². The molecule has 0 fully saturated rings. The van der Waals surface area contributed by atoms with E-state index in [0.29, 0.717) is 11.4 Å². The smallest absolute Gasteiger partial charge is 0.282 e. The van der Waals surface area contributed by atoms with Crippen molar-refractivity contribution < 1.29 is 21.4 Å². The first-order valence-corrected chi connectivity index (χ1v) is 11.8. The Balaban J connectivity index is 1.82. The number of benzene rings is 3. The predicted molar refractivity (Wildman–Crippen MR) is 115 cm³/mol. The lowest BCUT2D eigenvalue weighted by atomic mass is 10.2. The molecule has 0 aromatic heterocycles. The summed E-state index contributed by atoms with van der Waals surface area (Å²) in [6.07, 6.45) is 0. The van der Waals surface area contributed by atoms with Crippen LogP contribution in [0, 0.1) is 0 Å². The second kappa shape index (κ2) is 7.67. The molecule has 1 aliphatic heterocycles. The molecule has 0 atom stereocenters. The van der Waals surface area contributed by atoms with Gasteiger partial charge in [0.1, 0.15) is 4.90 Å². The number of nitrogens with one attached hydrogen (secondary N) is 1. The highest BCUT2D eigenvalue weighted by Crippen LogP contribution is 2.28. The van der Waals surface area contributed by atoms with Crippen LogP contribution in [0.2, 0.25) is 0 Å². The Morgan fingerprint density at radius 1 is 0.806 bits per heavy atom. The number of para-hydroxylation sites is 1. The van der Waals surface area contributed by atoms with Gasteiger partial charge in [-0.25, -0.2) is 13.6 Å². The van der Waals surface area contributed by atoms with Gasteiger partial charge in [0.2, 0.25) is 10.0 Å². The van der Waals surface area contributed by atoms with Crippen LogP contribution in [0.1, 0.15) is 5.56 Å². The van der Waals surface area contributed by atoms with Gasteiger partial charge >= 0.3 is 0 Å². The first kappa shape index (κ1) is 20.8. The molecule has 0 saturated carbocycles. The number of nitrogens with zero attached hydrogens (tertiary/aromatic N) is 3. The number of amidine groups is 1. The summed E-state index contributed by atoms with van der Waals surface area (Å²) in [5.74, 6) is 0.160. The van der Waals surface area contributed by atoms with Crippen LogP contribution in [0.3, 0.4) is 0 Å². The first-order chi connectivity index (χ1) is 14.6. The van der Waals surface area contributed by atoms with Gasteiger partial charge in [0, 0.05) is 5.56 Å². The molecule has 0 radical (unpaired) electrons. The number of sulfonamides is 1. The van der Waals surface area contributed by atoms with Crippen LogP contribution >= 0.6 is 0 Å². The van der Waals surface area contributed by atoms with Crippen molar-refractivity contribution in [1.82, 2.24) is 5.43 Å². The number of nitrogens with two attached hydrogens (primary N) is 1. The van der Waals surface area contributed by atoms with Crippen LogP contribution in [-0.2, 0) is 20.1 Å². The zero-order valence-corrected chi connectivity index (χ0v) is 17.5. The summed E-state index contributed by atoms with van der Waals surface area (Å²) in [4.78, 5) is -0.365. The molecule has 4 rings (SSSR count). The topological polar surface area (TPSA) is 145 Å². The van der Waals surface area contributed by atoms with E-state index in [1.165, 1.54) is 47.6 Å². The standard InChI is InChI=1S/C19H17N5O5S2/c20-30(25,26)16-12-10-15(11-13-16)24-22-19(21-23(24)14-6-2-1-3-7-14)17-8-4-5-9-18(17)31(27,28)29/h1-13H,(H,21,22)(H2,20,25,26)(H,27,28,29). The molecule has 160 valence electrons. The minimum absolute atomic E-state index is 0.0596. The Morgan fingerprint density at radius 3 is 2.03 bits per heavy atom. The van der Waals surface area contributed by atoms with Crippen molar-refractivity contribution in [3.8, 4) is 0 Å². The second-order valence-corrected chi connectivity index (χ2v) is 9.46. The van der Waals surface area contributed by atoms with Gasteiger partial charge in [-0.1, -0.05) is 30.3 Å².